The molecule has 2 rings (SSSR count). The molecule has 0 bridgehead atoms. The quantitative estimate of drug-likeness (QED) is 0.677. The lowest BCUT2D eigenvalue weighted by Crippen LogP contribution is -2.54. The Balaban J connectivity index is 1.99. The second kappa shape index (κ2) is 6.27. The van der Waals surface area contributed by atoms with Crippen LogP contribution in [0.4, 0.5) is 0 Å². The molecule has 0 aromatic rings. The fourth-order valence-electron chi connectivity index (χ4n) is 2.19. The first-order chi connectivity index (χ1) is 8.64. The Morgan fingerprint density at radius 3 is 2.50 bits per heavy atom. The topological polar surface area (TPSA) is 71.1 Å². The molecule has 7 nitrogen and oxygen atoms in total. The number of ether oxygens (including phenoxy) is 2. The van der Waals surface area contributed by atoms with Crippen molar-refractivity contribution >= 4 is 10.2 Å². The van der Waals surface area contributed by atoms with E-state index in [0.717, 1.165) is 0 Å². The maximum Gasteiger partial charge on any atom is 0.282 e. The molecule has 0 aliphatic carbocycles. The van der Waals surface area contributed by atoms with Gasteiger partial charge in [0.1, 0.15) is 0 Å². The molecule has 2 heterocycles. The average molecular weight is 279 g/mol. The Morgan fingerprint density at radius 2 is 1.83 bits per heavy atom. The van der Waals surface area contributed by atoms with E-state index in [0.29, 0.717) is 52.5 Å². The summed E-state index contributed by atoms with van der Waals surface area (Å²) in [5.74, 6) is 0. The van der Waals surface area contributed by atoms with Crippen LogP contribution in [0.15, 0.2) is 0 Å². The first-order valence-corrected chi connectivity index (χ1v) is 7.63. The zero-order valence-electron chi connectivity index (χ0n) is 10.7. The highest BCUT2D eigenvalue weighted by molar-refractivity contribution is 7.86. The molecule has 1 N–H and O–H groups in total. The summed E-state index contributed by atoms with van der Waals surface area (Å²) >= 11 is 0. The van der Waals surface area contributed by atoms with Crippen LogP contribution in [0.25, 0.3) is 0 Å². The number of nitrogens with zero attached hydrogens (tertiary/aromatic N) is 2. The lowest BCUT2D eigenvalue weighted by molar-refractivity contribution is -0.00288. The Kier molecular flexibility index (Phi) is 4.93. The van der Waals surface area contributed by atoms with Crippen LogP contribution in [0.3, 0.4) is 0 Å². The second-order valence-electron chi connectivity index (χ2n) is 4.43. The van der Waals surface area contributed by atoms with Gasteiger partial charge >= 0.3 is 0 Å². The molecule has 106 valence electrons. The zero-order chi connectivity index (χ0) is 13.0. The van der Waals surface area contributed by atoms with Crippen LogP contribution >= 0.6 is 0 Å². The van der Waals surface area contributed by atoms with Crippen LogP contribution in [0.5, 0.6) is 0 Å². The summed E-state index contributed by atoms with van der Waals surface area (Å²) in [5.41, 5.74) is 0. The minimum atomic E-state index is -3.36. The normalized spacial score (nSPS) is 28.4. The monoisotopic (exact) mass is 279 g/mol. The first-order valence-electron chi connectivity index (χ1n) is 6.24. The van der Waals surface area contributed by atoms with Gasteiger partial charge in [0.25, 0.3) is 10.2 Å². The summed E-state index contributed by atoms with van der Waals surface area (Å²) in [6, 6.07) is 0. The lowest BCUT2D eigenvalue weighted by Gasteiger charge is -2.36. The van der Waals surface area contributed by atoms with E-state index >= 15 is 0 Å². The molecule has 2 saturated heterocycles. The maximum absolute atomic E-state index is 12.4. The van der Waals surface area contributed by atoms with E-state index in [4.69, 9.17) is 9.47 Å². The summed E-state index contributed by atoms with van der Waals surface area (Å²) in [4.78, 5) is 0. The van der Waals surface area contributed by atoms with Gasteiger partial charge in [0, 0.05) is 32.7 Å². The van der Waals surface area contributed by atoms with Crippen molar-refractivity contribution in [2.24, 2.45) is 0 Å². The van der Waals surface area contributed by atoms with Crippen molar-refractivity contribution in [3.8, 4) is 0 Å². The van der Waals surface area contributed by atoms with Gasteiger partial charge in [-0.05, 0) is 7.05 Å². The van der Waals surface area contributed by atoms with E-state index in [2.05, 4.69) is 5.32 Å². The van der Waals surface area contributed by atoms with Crippen LogP contribution in [0.2, 0.25) is 0 Å². The van der Waals surface area contributed by atoms with Crippen molar-refractivity contribution in [2.75, 3.05) is 59.6 Å². The summed E-state index contributed by atoms with van der Waals surface area (Å²) in [5, 5.41) is 3.01. The lowest BCUT2D eigenvalue weighted by atomic mass is 10.3. The molecule has 18 heavy (non-hydrogen) atoms. The van der Waals surface area contributed by atoms with Gasteiger partial charge in [-0.3, -0.25) is 0 Å². The number of hydrogen-bond acceptors (Lipinski definition) is 5. The van der Waals surface area contributed by atoms with Gasteiger partial charge in [-0.1, -0.05) is 0 Å². The number of morpholine rings is 2. The van der Waals surface area contributed by atoms with Crippen molar-refractivity contribution in [3.05, 3.63) is 0 Å². The molecule has 0 amide bonds. The van der Waals surface area contributed by atoms with E-state index in [1.165, 1.54) is 8.61 Å². The molecular formula is C10H21N3O4S. The average Bonchev–Trinajstić information content (AvgIpc) is 2.40. The number of rotatable bonds is 4. The van der Waals surface area contributed by atoms with Gasteiger partial charge in [0.05, 0.1) is 25.9 Å². The molecule has 0 aromatic carbocycles. The van der Waals surface area contributed by atoms with Crippen LogP contribution in [0.1, 0.15) is 0 Å². The van der Waals surface area contributed by atoms with Crippen molar-refractivity contribution in [2.45, 2.75) is 6.10 Å². The standard InChI is InChI=1S/C10H21N3O4S/c1-11-8-10-9-13(4-7-17-10)18(14,15)12-2-5-16-6-3-12/h10-11H,2-9H2,1H3. The van der Waals surface area contributed by atoms with E-state index in [1.807, 2.05) is 7.05 Å². The fourth-order valence-corrected chi connectivity index (χ4v) is 3.79. The molecular weight excluding hydrogens is 258 g/mol. The van der Waals surface area contributed by atoms with Gasteiger partial charge in [0.15, 0.2) is 0 Å². The van der Waals surface area contributed by atoms with Crippen LogP contribution in [0, 0.1) is 0 Å². The summed E-state index contributed by atoms with van der Waals surface area (Å²) < 4.78 is 38.5. The summed E-state index contributed by atoms with van der Waals surface area (Å²) in [6.45, 7) is 3.80. The van der Waals surface area contributed by atoms with Gasteiger partial charge in [-0.15, -0.1) is 0 Å². The minimum Gasteiger partial charge on any atom is -0.379 e. The Labute approximate surface area is 108 Å². The van der Waals surface area contributed by atoms with E-state index in [9.17, 15) is 8.42 Å². The highest BCUT2D eigenvalue weighted by Gasteiger charge is 2.34. The molecule has 0 saturated carbocycles. The highest BCUT2D eigenvalue weighted by atomic mass is 32.2. The molecule has 2 fully saturated rings. The third-order valence-electron chi connectivity index (χ3n) is 3.16. The molecule has 0 aromatic heterocycles. The van der Waals surface area contributed by atoms with Crippen LogP contribution in [-0.4, -0.2) is 82.7 Å². The Hall–Kier alpha value is -0.250. The van der Waals surface area contributed by atoms with Crippen molar-refractivity contribution in [1.82, 2.24) is 13.9 Å². The van der Waals surface area contributed by atoms with Crippen LogP contribution in [-0.2, 0) is 19.7 Å². The predicted molar refractivity (Wildman–Crippen MR) is 66.6 cm³/mol. The van der Waals surface area contributed by atoms with Gasteiger partial charge in [0.2, 0.25) is 0 Å². The number of hydrogen-bond donors (Lipinski definition) is 1. The highest BCUT2D eigenvalue weighted by Crippen LogP contribution is 2.15. The van der Waals surface area contributed by atoms with Gasteiger partial charge in [-0.25, -0.2) is 0 Å². The summed E-state index contributed by atoms with van der Waals surface area (Å²) in [7, 11) is -1.53. The van der Waals surface area contributed by atoms with Crippen molar-refractivity contribution in [1.29, 1.82) is 0 Å². The van der Waals surface area contributed by atoms with E-state index in [1.54, 1.807) is 0 Å². The van der Waals surface area contributed by atoms with Gasteiger partial charge < -0.3 is 14.8 Å². The third-order valence-corrected chi connectivity index (χ3v) is 5.16. The molecule has 0 spiro atoms. The largest absolute Gasteiger partial charge is 0.379 e. The molecule has 2 aliphatic heterocycles. The SMILES string of the molecule is CNCC1CN(S(=O)(=O)N2CCOCC2)CCO1. The zero-order valence-corrected chi connectivity index (χ0v) is 11.5. The Morgan fingerprint density at radius 1 is 1.17 bits per heavy atom. The van der Waals surface area contributed by atoms with Crippen molar-refractivity contribution < 1.29 is 17.9 Å². The predicted octanol–water partition coefficient (Wildman–Crippen LogP) is -1.52. The third kappa shape index (κ3) is 3.19. The number of likely N-dealkylation sites (N-methyl/N-ethyl adjacent to an activating group) is 1. The summed E-state index contributed by atoms with van der Waals surface area (Å²) in [6.07, 6.45) is -0.0698. The Bertz CT molecular complexity index is 354. The smallest absolute Gasteiger partial charge is 0.282 e. The van der Waals surface area contributed by atoms with Crippen molar-refractivity contribution in [3.63, 3.8) is 0 Å². The minimum absolute atomic E-state index is 0.0698. The second-order valence-corrected chi connectivity index (χ2v) is 6.36. The van der Waals surface area contributed by atoms with Gasteiger partial charge in [-0.2, -0.15) is 17.0 Å². The molecule has 0 radical (unpaired) electrons. The maximum atomic E-state index is 12.4. The van der Waals surface area contributed by atoms with E-state index in [-0.39, 0.29) is 6.10 Å². The van der Waals surface area contributed by atoms with E-state index < -0.39 is 10.2 Å². The first kappa shape index (κ1) is 14.2. The molecule has 1 unspecified atom stereocenters. The molecule has 2 aliphatic rings. The number of nitrogens with one attached hydrogen (secondary N) is 1. The van der Waals surface area contributed by atoms with Crippen LogP contribution < -0.4 is 5.32 Å². The molecule has 1 atom stereocenters. The fraction of sp³-hybridized carbons (Fsp3) is 1.00. The molecule has 8 heteroatoms.